The van der Waals surface area contributed by atoms with E-state index in [1.807, 2.05) is 41.8 Å². The number of carbonyl (C=O) groups is 2. The zero-order valence-corrected chi connectivity index (χ0v) is 18.7. The minimum absolute atomic E-state index is 0.0320. The van der Waals surface area contributed by atoms with E-state index in [9.17, 15) is 9.59 Å². The summed E-state index contributed by atoms with van der Waals surface area (Å²) in [5, 5.41) is 5.10. The maximum atomic E-state index is 13.4. The van der Waals surface area contributed by atoms with Crippen molar-refractivity contribution in [3.05, 3.63) is 82.2 Å². The first-order chi connectivity index (χ1) is 14.8. The highest BCUT2D eigenvalue weighted by Gasteiger charge is 2.40. The van der Waals surface area contributed by atoms with Crippen molar-refractivity contribution in [1.82, 2.24) is 0 Å². The lowest BCUT2D eigenvalue weighted by Gasteiger charge is -2.19. The Hall–Kier alpha value is -3.38. The van der Waals surface area contributed by atoms with Gasteiger partial charge in [0.05, 0.1) is 18.4 Å². The Bertz CT molecular complexity index is 1140. The van der Waals surface area contributed by atoms with Gasteiger partial charge in [0.15, 0.2) is 0 Å². The molecule has 0 fully saturated rings. The van der Waals surface area contributed by atoms with Crippen LogP contribution in [0.4, 0.5) is 11.4 Å². The fourth-order valence-electron chi connectivity index (χ4n) is 3.46. The molecular formula is C25H24N2O3S. The predicted molar refractivity (Wildman–Crippen MR) is 125 cm³/mol. The number of thiophene rings is 1. The van der Waals surface area contributed by atoms with Gasteiger partial charge in [-0.25, -0.2) is 4.90 Å². The first-order valence-corrected chi connectivity index (χ1v) is 10.9. The average molecular weight is 433 g/mol. The van der Waals surface area contributed by atoms with Gasteiger partial charge in [0.25, 0.3) is 11.8 Å². The second-order valence-corrected chi connectivity index (χ2v) is 9.27. The van der Waals surface area contributed by atoms with Crippen LogP contribution in [0.3, 0.4) is 0 Å². The molecule has 2 aromatic carbocycles. The number of ether oxygens (including phenoxy) is 1. The van der Waals surface area contributed by atoms with Crippen molar-refractivity contribution < 1.29 is 14.3 Å². The summed E-state index contributed by atoms with van der Waals surface area (Å²) in [5.41, 5.74) is 3.16. The highest BCUT2D eigenvalue weighted by atomic mass is 32.1. The third-order valence-corrected chi connectivity index (χ3v) is 6.09. The van der Waals surface area contributed by atoms with Crippen LogP contribution < -0.4 is 15.0 Å². The van der Waals surface area contributed by atoms with Gasteiger partial charge in [-0.05, 0) is 58.8 Å². The van der Waals surface area contributed by atoms with Crippen LogP contribution in [0.25, 0.3) is 5.57 Å². The predicted octanol–water partition coefficient (Wildman–Crippen LogP) is 5.45. The average Bonchev–Trinajstić information content (AvgIpc) is 3.35. The maximum absolute atomic E-state index is 13.4. The molecule has 0 atom stereocenters. The zero-order valence-electron chi connectivity index (χ0n) is 17.9. The van der Waals surface area contributed by atoms with E-state index in [1.54, 1.807) is 31.4 Å². The fraction of sp³-hybridized carbons (Fsp3) is 0.200. The van der Waals surface area contributed by atoms with E-state index in [0.717, 1.165) is 10.6 Å². The third kappa shape index (κ3) is 3.99. The monoisotopic (exact) mass is 432 g/mol. The molecule has 1 aromatic heterocycles. The van der Waals surface area contributed by atoms with E-state index in [4.69, 9.17) is 4.74 Å². The second kappa shape index (κ2) is 8.04. The molecular weight excluding hydrogens is 408 g/mol. The molecule has 0 aliphatic carbocycles. The normalized spacial score (nSPS) is 14.4. The van der Waals surface area contributed by atoms with Crippen LogP contribution in [0.1, 0.15) is 31.2 Å². The molecule has 1 aliphatic rings. The largest absolute Gasteiger partial charge is 0.497 e. The van der Waals surface area contributed by atoms with E-state index in [1.165, 1.54) is 21.8 Å². The molecule has 0 saturated heterocycles. The van der Waals surface area contributed by atoms with E-state index >= 15 is 0 Å². The summed E-state index contributed by atoms with van der Waals surface area (Å²) in [4.78, 5) is 28.7. The summed E-state index contributed by atoms with van der Waals surface area (Å²) in [7, 11) is 1.57. The Kier molecular flexibility index (Phi) is 5.41. The van der Waals surface area contributed by atoms with Crippen LogP contribution in [-0.4, -0.2) is 18.9 Å². The molecule has 1 N–H and O–H groups in total. The van der Waals surface area contributed by atoms with Crippen LogP contribution in [0, 0.1) is 0 Å². The Morgan fingerprint density at radius 1 is 0.903 bits per heavy atom. The lowest BCUT2D eigenvalue weighted by molar-refractivity contribution is -0.120. The molecule has 158 valence electrons. The molecule has 31 heavy (non-hydrogen) atoms. The van der Waals surface area contributed by atoms with E-state index in [-0.39, 0.29) is 22.9 Å². The van der Waals surface area contributed by atoms with Crippen LogP contribution >= 0.6 is 11.3 Å². The van der Waals surface area contributed by atoms with Gasteiger partial charge in [-0.2, -0.15) is 0 Å². The van der Waals surface area contributed by atoms with Crippen LogP contribution in [-0.2, 0) is 15.0 Å². The van der Waals surface area contributed by atoms with Crippen molar-refractivity contribution >= 4 is 40.1 Å². The maximum Gasteiger partial charge on any atom is 0.282 e. The molecule has 4 rings (SSSR count). The quantitative estimate of drug-likeness (QED) is 0.545. The van der Waals surface area contributed by atoms with Crippen LogP contribution in [0.15, 0.2) is 71.7 Å². The van der Waals surface area contributed by atoms with Crippen molar-refractivity contribution in [2.45, 2.75) is 26.2 Å². The van der Waals surface area contributed by atoms with Crippen molar-refractivity contribution in [1.29, 1.82) is 0 Å². The van der Waals surface area contributed by atoms with Gasteiger partial charge in [-0.15, -0.1) is 11.3 Å². The lowest BCUT2D eigenvalue weighted by Crippen LogP contribution is -2.32. The smallest absolute Gasteiger partial charge is 0.282 e. The standard InChI is InChI=1S/C25H24N2O3S/c1-25(2,3)16-7-9-17(10-8-16)26-22-21(20-6-5-15-31-20)23(28)27(24(22)29)18-11-13-19(30-4)14-12-18/h5-15,26H,1-4H3. The summed E-state index contributed by atoms with van der Waals surface area (Å²) in [5.74, 6) is -0.0588. The summed E-state index contributed by atoms with van der Waals surface area (Å²) in [6.45, 7) is 6.45. The van der Waals surface area contributed by atoms with Crippen molar-refractivity contribution in [2.24, 2.45) is 0 Å². The number of amides is 2. The highest BCUT2D eigenvalue weighted by molar-refractivity contribution is 7.11. The Morgan fingerprint density at radius 3 is 2.13 bits per heavy atom. The number of hydrogen-bond acceptors (Lipinski definition) is 5. The number of methoxy groups -OCH3 is 1. The molecule has 0 spiro atoms. The van der Waals surface area contributed by atoms with E-state index in [0.29, 0.717) is 17.0 Å². The summed E-state index contributed by atoms with van der Waals surface area (Å²) < 4.78 is 5.19. The molecule has 2 heterocycles. The highest BCUT2D eigenvalue weighted by Crippen LogP contribution is 2.36. The lowest BCUT2D eigenvalue weighted by atomic mass is 9.87. The number of nitrogens with zero attached hydrogens (tertiary/aromatic N) is 1. The Balaban J connectivity index is 1.72. The van der Waals surface area contributed by atoms with Crippen LogP contribution in [0.2, 0.25) is 0 Å². The van der Waals surface area contributed by atoms with Gasteiger partial charge in [-0.3, -0.25) is 9.59 Å². The second-order valence-electron chi connectivity index (χ2n) is 8.32. The number of hydrogen-bond donors (Lipinski definition) is 1. The summed E-state index contributed by atoms with van der Waals surface area (Å²) in [6, 6.07) is 18.6. The molecule has 0 unspecified atom stereocenters. The van der Waals surface area contributed by atoms with E-state index < -0.39 is 0 Å². The molecule has 0 bridgehead atoms. The Morgan fingerprint density at radius 2 is 1.58 bits per heavy atom. The number of carbonyl (C=O) groups excluding carboxylic acids is 2. The minimum atomic E-state index is -0.376. The van der Waals surface area contributed by atoms with Gasteiger partial charge in [0, 0.05) is 10.6 Å². The fourth-order valence-corrected chi connectivity index (χ4v) is 4.23. The third-order valence-electron chi connectivity index (χ3n) is 5.20. The topological polar surface area (TPSA) is 58.6 Å². The molecule has 0 saturated carbocycles. The Labute approximate surface area is 186 Å². The van der Waals surface area contributed by atoms with Crippen LogP contribution in [0.5, 0.6) is 5.75 Å². The van der Waals surface area contributed by atoms with Gasteiger partial charge in [-0.1, -0.05) is 39.0 Å². The van der Waals surface area contributed by atoms with Crippen molar-refractivity contribution in [3.8, 4) is 5.75 Å². The molecule has 2 amide bonds. The first-order valence-electron chi connectivity index (χ1n) is 9.98. The summed E-state index contributed by atoms with van der Waals surface area (Å²) in [6.07, 6.45) is 0. The van der Waals surface area contributed by atoms with E-state index in [2.05, 4.69) is 26.1 Å². The van der Waals surface area contributed by atoms with Gasteiger partial charge in [0.2, 0.25) is 0 Å². The molecule has 5 nitrogen and oxygen atoms in total. The first kappa shape index (κ1) is 20.9. The SMILES string of the molecule is COc1ccc(N2C(=O)C(Nc3ccc(C(C)(C)C)cc3)=C(c3cccs3)C2=O)cc1. The van der Waals surface area contributed by atoms with Crippen molar-refractivity contribution in [3.63, 3.8) is 0 Å². The van der Waals surface area contributed by atoms with Crippen molar-refractivity contribution in [2.75, 3.05) is 17.3 Å². The zero-order chi connectivity index (χ0) is 22.2. The molecule has 0 radical (unpaired) electrons. The number of nitrogens with one attached hydrogen (secondary N) is 1. The molecule has 3 aromatic rings. The number of anilines is 2. The number of imide groups is 1. The summed E-state index contributed by atoms with van der Waals surface area (Å²) >= 11 is 1.43. The molecule has 6 heteroatoms. The van der Waals surface area contributed by atoms with Gasteiger partial charge in [0.1, 0.15) is 11.4 Å². The molecule has 1 aliphatic heterocycles. The van der Waals surface area contributed by atoms with Gasteiger partial charge < -0.3 is 10.1 Å². The number of rotatable bonds is 5. The number of benzene rings is 2. The minimum Gasteiger partial charge on any atom is -0.497 e. The van der Waals surface area contributed by atoms with Gasteiger partial charge >= 0.3 is 0 Å².